The van der Waals surface area contributed by atoms with E-state index in [9.17, 15) is 4.39 Å². The van der Waals surface area contributed by atoms with Crippen LogP contribution in [0, 0.1) is 5.82 Å². The van der Waals surface area contributed by atoms with Crippen LogP contribution >= 0.6 is 15.9 Å². The van der Waals surface area contributed by atoms with Gasteiger partial charge < -0.3 is 0 Å². The van der Waals surface area contributed by atoms with E-state index in [2.05, 4.69) is 52.3 Å². The molecule has 1 aromatic heterocycles. The lowest BCUT2D eigenvalue weighted by atomic mass is 9.77. The van der Waals surface area contributed by atoms with E-state index in [-0.39, 0.29) is 5.82 Å². The van der Waals surface area contributed by atoms with Crippen molar-refractivity contribution in [2.75, 3.05) is 0 Å². The van der Waals surface area contributed by atoms with Gasteiger partial charge in [0.1, 0.15) is 11.4 Å². The van der Waals surface area contributed by atoms with Crippen LogP contribution in [0.25, 0.3) is 10.9 Å². The van der Waals surface area contributed by atoms with Gasteiger partial charge in [-0.2, -0.15) is 5.10 Å². The van der Waals surface area contributed by atoms with Gasteiger partial charge in [-0.05, 0) is 39.0 Å². The second-order valence-electron chi connectivity index (χ2n) is 7.82. The van der Waals surface area contributed by atoms with E-state index in [0.29, 0.717) is 17.5 Å². The molecule has 0 aliphatic rings. The number of nitrogens with zero attached hydrogens (tertiary/aromatic N) is 2. The summed E-state index contributed by atoms with van der Waals surface area (Å²) >= 11 is 3.65. The molecule has 0 saturated heterocycles. The molecule has 5 rings (SSSR count). The molecule has 0 aliphatic carbocycles. The number of hydrogen-bond donors (Lipinski definition) is 0. The summed E-state index contributed by atoms with van der Waals surface area (Å²) in [6, 6.07) is 32.6. The largest absolute Gasteiger partial charge is 0.252 e. The van der Waals surface area contributed by atoms with Crippen molar-refractivity contribution in [3.05, 3.63) is 136 Å². The minimum absolute atomic E-state index is 0.234. The molecule has 0 spiro atoms. The molecule has 32 heavy (non-hydrogen) atoms. The molecule has 5 aromatic rings. The van der Waals surface area contributed by atoms with Gasteiger partial charge in [-0.1, -0.05) is 97.9 Å². The standard InChI is InChI=1S/C28H22BrFN2/c1-2-23-25(30)18-26-24(27(23)29)19-32(31-26)28(20-12-6-3-7-13-20,21-14-8-4-9-15-21)22-16-10-5-11-17-22/h3-19H,2H2,1H3. The lowest BCUT2D eigenvalue weighted by Gasteiger charge is -2.36. The Hall–Kier alpha value is -3.24. The molecular weight excluding hydrogens is 463 g/mol. The van der Waals surface area contributed by atoms with E-state index < -0.39 is 5.54 Å². The maximum Gasteiger partial charge on any atom is 0.138 e. The number of benzene rings is 4. The SMILES string of the molecule is CCc1c(F)cc2nn(C(c3ccccc3)(c3ccccc3)c3ccccc3)cc2c1Br. The molecule has 4 aromatic carbocycles. The smallest absolute Gasteiger partial charge is 0.138 e. The van der Waals surface area contributed by atoms with Crippen molar-refractivity contribution in [2.24, 2.45) is 0 Å². The van der Waals surface area contributed by atoms with Crippen LogP contribution in [0.2, 0.25) is 0 Å². The van der Waals surface area contributed by atoms with Gasteiger partial charge in [0.15, 0.2) is 0 Å². The second kappa shape index (κ2) is 8.36. The number of fused-ring (bicyclic) bond motifs is 1. The quantitative estimate of drug-likeness (QED) is 0.238. The Kier molecular flexibility index (Phi) is 5.40. The fourth-order valence-electron chi connectivity index (χ4n) is 4.57. The number of hydrogen-bond acceptors (Lipinski definition) is 1. The molecule has 2 nitrogen and oxygen atoms in total. The van der Waals surface area contributed by atoms with Crippen LogP contribution in [0.3, 0.4) is 0 Å². The molecule has 0 saturated carbocycles. The van der Waals surface area contributed by atoms with Gasteiger partial charge in [0, 0.05) is 27.7 Å². The van der Waals surface area contributed by atoms with Gasteiger partial charge in [-0.3, -0.25) is 4.68 Å². The van der Waals surface area contributed by atoms with Crippen molar-refractivity contribution in [2.45, 2.75) is 18.9 Å². The van der Waals surface area contributed by atoms with Gasteiger partial charge in [-0.25, -0.2) is 4.39 Å². The molecule has 0 bridgehead atoms. The van der Waals surface area contributed by atoms with E-state index in [4.69, 9.17) is 5.10 Å². The van der Waals surface area contributed by atoms with E-state index in [1.807, 2.05) is 72.4 Å². The molecule has 0 radical (unpaired) electrons. The third-order valence-corrected chi connectivity index (χ3v) is 6.97. The molecule has 0 N–H and O–H groups in total. The van der Waals surface area contributed by atoms with E-state index in [1.54, 1.807) is 6.07 Å². The molecule has 0 unspecified atom stereocenters. The van der Waals surface area contributed by atoms with E-state index >= 15 is 0 Å². The minimum Gasteiger partial charge on any atom is -0.252 e. The third-order valence-electron chi connectivity index (χ3n) is 6.07. The van der Waals surface area contributed by atoms with Crippen molar-refractivity contribution in [1.29, 1.82) is 0 Å². The van der Waals surface area contributed by atoms with Gasteiger partial charge in [-0.15, -0.1) is 0 Å². The first-order chi connectivity index (χ1) is 15.7. The summed E-state index contributed by atoms with van der Waals surface area (Å²) in [4.78, 5) is 0. The molecule has 158 valence electrons. The first-order valence-corrected chi connectivity index (χ1v) is 11.5. The Labute approximate surface area is 195 Å². The van der Waals surface area contributed by atoms with Gasteiger partial charge in [0.05, 0.1) is 5.52 Å². The summed E-state index contributed by atoms with van der Waals surface area (Å²) in [5.41, 5.74) is 3.82. The van der Waals surface area contributed by atoms with Crippen LogP contribution in [0.1, 0.15) is 29.2 Å². The first kappa shape index (κ1) is 20.7. The maximum atomic E-state index is 14.8. The van der Waals surface area contributed by atoms with Crippen molar-refractivity contribution in [1.82, 2.24) is 9.78 Å². The Morgan fingerprint density at radius 3 is 1.72 bits per heavy atom. The lowest BCUT2D eigenvalue weighted by molar-refractivity contribution is 0.464. The van der Waals surface area contributed by atoms with Crippen molar-refractivity contribution < 1.29 is 4.39 Å². The fraction of sp³-hybridized carbons (Fsp3) is 0.107. The first-order valence-electron chi connectivity index (χ1n) is 10.7. The Bertz CT molecular complexity index is 1270. The van der Waals surface area contributed by atoms with Gasteiger partial charge >= 0.3 is 0 Å². The highest BCUT2D eigenvalue weighted by molar-refractivity contribution is 9.10. The Morgan fingerprint density at radius 1 is 0.812 bits per heavy atom. The van der Waals surface area contributed by atoms with Crippen LogP contribution in [-0.4, -0.2) is 9.78 Å². The van der Waals surface area contributed by atoms with E-state index in [0.717, 1.165) is 26.5 Å². The number of aromatic nitrogens is 2. The normalized spacial score (nSPS) is 11.7. The van der Waals surface area contributed by atoms with Crippen LogP contribution in [0.15, 0.2) is 108 Å². The molecule has 0 amide bonds. The van der Waals surface area contributed by atoms with Crippen molar-refractivity contribution in [3.63, 3.8) is 0 Å². The zero-order valence-electron chi connectivity index (χ0n) is 17.7. The summed E-state index contributed by atoms with van der Waals surface area (Å²) in [6.45, 7) is 1.96. The molecular formula is C28H22BrFN2. The zero-order chi connectivity index (χ0) is 22.1. The second-order valence-corrected chi connectivity index (χ2v) is 8.61. The van der Waals surface area contributed by atoms with Gasteiger partial charge in [0.2, 0.25) is 0 Å². The fourth-order valence-corrected chi connectivity index (χ4v) is 5.34. The zero-order valence-corrected chi connectivity index (χ0v) is 19.3. The third kappa shape index (κ3) is 3.18. The summed E-state index contributed by atoms with van der Waals surface area (Å²) in [5.74, 6) is -0.234. The molecule has 1 heterocycles. The van der Waals surface area contributed by atoms with Crippen LogP contribution < -0.4 is 0 Å². The summed E-state index contributed by atoms with van der Waals surface area (Å²) in [7, 11) is 0. The summed E-state index contributed by atoms with van der Waals surface area (Å²) in [5, 5.41) is 5.86. The minimum atomic E-state index is -0.717. The number of halogens is 2. The van der Waals surface area contributed by atoms with Gasteiger partial charge in [0.25, 0.3) is 0 Å². The molecule has 0 aliphatic heterocycles. The predicted molar refractivity (Wildman–Crippen MR) is 131 cm³/mol. The molecule has 0 fully saturated rings. The molecule has 4 heteroatoms. The topological polar surface area (TPSA) is 17.8 Å². The average Bonchev–Trinajstić information content (AvgIpc) is 3.26. The van der Waals surface area contributed by atoms with Crippen LogP contribution in [0.4, 0.5) is 4.39 Å². The highest BCUT2D eigenvalue weighted by Gasteiger charge is 2.39. The van der Waals surface area contributed by atoms with Crippen LogP contribution in [-0.2, 0) is 12.0 Å². The Balaban J connectivity index is 1.92. The van der Waals surface area contributed by atoms with Crippen molar-refractivity contribution >= 4 is 26.8 Å². The summed E-state index contributed by atoms with van der Waals surface area (Å²) < 4.78 is 17.5. The average molecular weight is 485 g/mol. The lowest BCUT2D eigenvalue weighted by Crippen LogP contribution is -2.38. The maximum absolute atomic E-state index is 14.8. The number of rotatable bonds is 5. The molecule has 0 atom stereocenters. The monoisotopic (exact) mass is 484 g/mol. The van der Waals surface area contributed by atoms with E-state index in [1.165, 1.54) is 0 Å². The highest BCUT2D eigenvalue weighted by Crippen LogP contribution is 2.42. The van der Waals surface area contributed by atoms with Crippen LogP contribution in [0.5, 0.6) is 0 Å². The predicted octanol–water partition coefficient (Wildman–Crippen LogP) is 7.34. The highest BCUT2D eigenvalue weighted by atomic mass is 79.9. The summed E-state index contributed by atoms with van der Waals surface area (Å²) in [6.07, 6.45) is 2.64. The van der Waals surface area contributed by atoms with Crippen molar-refractivity contribution in [3.8, 4) is 0 Å². The Morgan fingerprint density at radius 2 is 1.28 bits per heavy atom.